The van der Waals surface area contributed by atoms with Crippen LogP contribution in [0.3, 0.4) is 0 Å². The van der Waals surface area contributed by atoms with Gasteiger partial charge >= 0.3 is 12.0 Å². The number of nitrogens with one attached hydrogen (secondary N) is 2. The fourth-order valence-electron chi connectivity index (χ4n) is 2.69. The van der Waals surface area contributed by atoms with Gasteiger partial charge in [0, 0.05) is 5.69 Å². The molecule has 8 heteroatoms. The number of likely N-dealkylation sites (tertiary alicyclic amines) is 1. The van der Waals surface area contributed by atoms with Gasteiger partial charge in [0.05, 0.1) is 12.5 Å². The number of carboxylic acids is 1. The minimum atomic E-state index is -0.785. The van der Waals surface area contributed by atoms with Crippen LogP contribution < -0.4 is 10.6 Å². The van der Waals surface area contributed by atoms with Gasteiger partial charge in [-0.15, -0.1) is 12.4 Å². The van der Waals surface area contributed by atoms with Crippen molar-refractivity contribution in [3.05, 3.63) is 29.3 Å². The molecule has 0 aliphatic carbocycles. The van der Waals surface area contributed by atoms with Gasteiger partial charge in [0.25, 0.3) is 0 Å². The number of carbonyl (C=O) groups is 3. The SMILES string of the molecule is Cc1ccc(NC(=O)NC(=O)CN2CCC(C(=O)O)CC2)cc1C.Cl. The Hall–Kier alpha value is -2.12. The molecule has 0 spiro atoms. The third-order valence-corrected chi connectivity index (χ3v) is 4.32. The quantitative estimate of drug-likeness (QED) is 0.755. The van der Waals surface area contributed by atoms with E-state index in [2.05, 4.69) is 10.6 Å². The van der Waals surface area contributed by atoms with Gasteiger partial charge in [0.15, 0.2) is 0 Å². The lowest BCUT2D eigenvalue weighted by atomic mass is 9.97. The Morgan fingerprint density at radius 2 is 1.80 bits per heavy atom. The highest BCUT2D eigenvalue weighted by molar-refractivity contribution is 6.01. The van der Waals surface area contributed by atoms with Crippen molar-refractivity contribution in [3.63, 3.8) is 0 Å². The molecule has 0 atom stereocenters. The van der Waals surface area contributed by atoms with E-state index in [9.17, 15) is 14.4 Å². The molecule has 3 N–H and O–H groups in total. The molecule has 7 nitrogen and oxygen atoms in total. The summed E-state index contributed by atoms with van der Waals surface area (Å²) in [5.41, 5.74) is 2.81. The number of carboxylic acid groups (broad SMARTS) is 1. The molecule has 1 aromatic carbocycles. The maximum Gasteiger partial charge on any atom is 0.325 e. The van der Waals surface area contributed by atoms with Crippen LogP contribution in [0.1, 0.15) is 24.0 Å². The van der Waals surface area contributed by atoms with Crippen molar-refractivity contribution >= 4 is 36.0 Å². The van der Waals surface area contributed by atoms with Gasteiger partial charge in [0.1, 0.15) is 0 Å². The van der Waals surface area contributed by atoms with Gasteiger partial charge < -0.3 is 10.4 Å². The Balaban J connectivity index is 0.00000312. The van der Waals surface area contributed by atoms with Gasteiger partial charge in [-0.25, -0.2) is 4.79 Å². The number of urea groups is 1. The van der Waals surface area contributed by atoms with Crippen LogP contribution in [0.15, 0.2) is 18.2 Å². The molecular weight excluding hydrogens is 346 g/mol. The maximum absolute atomic E-state index is 11.9. The molecule has 3 amide bonds. The molecule has 1 aliphatic heterocycles. The van der Waals surface area contributed by atoms with Crippen LogP contribution >= 0.6 is 12.4 Å². The summed E-state index contributed by atoms with van der Waals surface area (Å²) in [5.74, 6) is -1.52. The van der Waals surface area contributed by atoms with Crippen LogP contribution in [0.2, 0.25) is 0 Å². The Kier molecular flexibility index (Phi) is 7.86. The van der Waals surface area contributed by atoms with E-state index < -0.39 is 17.9 Å². The topological polar surface area (TPSA) is 98.7 Å². The zero-order valence-corrected chi connectivity index (χ0v) is 15.2. The molecule has 0 radical (unpaired) electrons. The predicted octanol–water partition coefficient (Wildman–Crippen LogP) is 2.17. The molecule has 0 bridgehead atoms. The van der Waals surface area contributed by atoms with Crippen LogP contribution in [-0.4, -0.2) is 47.5 Å². The number of nitrogens with zero attached hydrogens (tertiary/aromatic N) is 1. The van der Waals surface area contributed by atoms with E-state index in [0.29, 0.717) is 31.6 Å². The van der Waals surface area contributed by atoms with Crippen molar-refractivity contribution in [2.24, 2.45) is 5.92 Å². The number of imide groups is 1. The standard InChI is InChI=1S/C17H23N3O4.ClH/c1-11-3-4-14(9-12(11)2)18-17(24)19-15(21)10-20-7-5-13(6-8-20)16(22)23;/h3-4,9,13H,5-8,10H2,1-2H3,(H,22,23)(H2,18,19,21,24);1H. The Labute approximate surface area is 153 Å². The summed E-state index contributed by atoms with van der Waals surface area (Å²) in [7, 11) is 0. The molecule has 0 unspecified atom stereocenters. The lowest BCUT2D eigenvalue weighted by Crippen LogP contribution is -2.45. The number of anilines is 1. The van der Waals surface area contributed by atoms with E-state index >= 15 is 0 Å². The van der Waals surface area contributed by atoms with Gasteiger partial charge in [-0.2, -0.15) is 0 Å². The first-order chi connectivity index (χ1) is 11.3. The zero-order valence-electron chi connectivity index (χ0n) is 14.4. The van der Waals surface area contributed by atoms with Gasteiger partial charge in [-0.1, -0.05) is 6.07 Å². The smallest absolute Gasteiger partial charge is 0.325 e. The normalized spacial score (nSPS) is 15.1. The zero-order chi connectivity index (χ0) is 17.7. The fourth-order valence-corrected chi connectivity index (χ4v) is 2.69. The van der Waals surface area contributed by atoms with Crippen molar-refractivity contribution in [1.82, 2.24) is 10.2 Å². The first-order valence-electron chi connectivity index (χ1n) is 7.98. The summed E-state index contributed by atoms with van der Waals surface area (Å²) < 4.78 is 0. The van der Waals surface area contributed by atoms with Crippen molar-refractivity contribution < 1.29 is 19.5 Å². The van der Waals surface area contributed by atoms with E-state index in [1.807, 2.05) is 30.9 Å². The van der Waals surface area contributed by atoms with Crippen LogP contribution in [0.5, 0.6) is 0 Å². The number of amides is 3. The number of benzene rings is 1. The van der Waals surface area contributed by atoms with E-state index in [0.717, 1.165) is 11.1 Å². The monoisotopic (exact) mass is 369 g/mol. The predicted molar refractivity (Wildman–Crippen MR) is 97.1 cm³/mol. The maximum atomic E-state index is 11.9. The average Bonchev–Trinajstić information content (AvgIpc) is 2.51. The summed E-state index contributed by atoms with van der Waals surface area (Å²) in [6, 6.07) is 4.96. The molecule has 1 aromatic rings. The average molecular weight is 370 g/mol. The molecule has 1 heterocycles. The number of hydrogen-bond donors (Lipinski definition) is 3. The highest BCUT2D eigenvalue weighted by atomic mass is 35.5. The van der Waals surface area contributed by atoms with Crippen molar-refractivity contribution in [3.8, 4) is 0 Å². The molecule has 2 rings (SSSR count). The largest absolute Gasteiger partial charge is 0.481 e. The Morgan fingerprint density at radius 1 is 1.16 bits per heavy atom. The fraction of sp³-hybridized carbons (Fsp3) is 0.471. The lowest BCUT2D eigenvalue weighted by Gasteiger charge is -2.29. The first kappa shape index (κ1) is 20.9. The number of aryl methyl sites for hydroxylation is 2. The summed E-state index contributed by atoms with van der Waals surface area (Å²) in [6.45, 7) is 5.11. The van der Waals surface area contributed by atoms with Crippen LogP contribution in [-0.2, 0) is 9.59 Å². The Morgan fingerprint density at radius 3 is 2.36 bits per heavy atom. The Bertz CT molecular complexity index is 643. The van der Waals surface area contributed by atoms with Gasteiger partial charge in [-0.05, 0) is 63.0 Å². The van der Waals surface area contributed by atoms with Crippen LogP contribution in [0.4, 0.5) is 10.5 Å². The van der Waals surface area contributed by atoms with Crippen molar-refractivity contribution in [1.29, 1.82) is 0 Å². The van der Waals surface area contributed by atoms with E-state index in [1.54, 1.807) is 6.07 Å². The van der Waals surface area contributed by atoms with Crippen LogP contribution in [0, 0.1) is 19.8 Å². The van der Waals surface area contributed by atoms with Crippen LogP contribution in [0.25, 0.3) is 0 Å². The number of carbonyl (C=O) groups excluding carboxylic acids is 2. The number of piperidine rings is 1. The number of aliphatic carboxylic acids is 1. The number of halogens is 1. The second kappa shape index (κ2) is 9.39. The lowest BCUT2D eigenvalue weighted by molar-refractivity contribution is -0.143. The first-order valence-corrected chi connectivity index (χ1v) is 7.98. The molecule has 138 valence electrons. The number of hydrogen-bond acceptors (Lipinski definition) is 4. The van der Waals surface area contributed by atoms with E-state index in [1.165, 1.54) is 0 Å². The molecule has 25 heavy (non-hydrogen) atoms. The third-order valence-electron chi connectivity index (χ3n) is 4.32. The van der Waals surface area contributed by atoms with E-state index in [-0.39, 0.29) is 24.9 Å². The number of rotatable bonds is 4. The highest BCUT2D eigenvalue weighted by Gasteiger charge is 2.25. The summed E-state index contributed by atoms with van der Waals surface area (Å²) in [6.07, 6.45) is 1.05. The van der Waals surface area contributed by atoms with Crippen molar-refractivity contribution in [2.45, 2.75) is 26.7 Å². The summed E-state index contributed by atoms with van der Waals surface area (Å²) >= 11 is 0. The molecule has 1 fully saturated rings. The molecule has 0 saturated carbocycles. The molecule has 1 saturated heterocycles. The van der Waals surface area contributed by atoms with E-state index in [4.69, 9.17) is 5.11 Å². The minimum Gasteiger partial charge on any atom is -0.481 e. The summed E-state index contributed by atoms with van der Waals surface area (Å²) in [5, 5.41) is 13.9. The molecule has 1 aliphatic rings. The second-order valence-electron chi connectivity index (χ2n) is 6.19. The second-order valence-corrected chi connectivity index (χ2v) is 6.19. The summed E-state index contributed by atoms with van der Waals surface area (Å²) in [4.78, 5) is 36.5. The highest BCUT2D eigenvalue weighted by Crippen LogP contribution is 2.17. The minimum absolute atomic E-state index is 0. The van der Waals surface area contributed by atoms with Gasteiger partial charge in [0.2, 0.25) is 5.91 Å². The third kappa shape index (κ3) is 6.36. The molecular formula is C17H24ClN3O4. The van der Waals surface area contributed by atoms with Gasteiger partial charge in [-0.3, -0.25) is 19.8 Å². The molecule has 0 aromatic heterocycles. The van der Waals surface area contributed by atoms with Crippen molar-refractivity contribution in [2.75, 3.05) is 25.0 Å².